The van der Waals surface area contributed by atoms with Crippen molar-refractivity contribution in [2.75, 3.05) is 19.7 Å². The van der Waals surface area contributed by atoms with Gasteiger partial charge in [-0.05, 0) is 78.6 Å². The Bertz CT molecular complexity index is 1740. The number of hydrogen-bond acceptors (Lipinski definition) is 5. The second-order valence-corrected chi connectivity index (χ2v) is 12.6. The summed E-state index contributed by atoms with van der Waals surface area (Å²) in [5.41, 5.74) is 3.61. The van der Waals surface area contributed by atoms with Gasteiger partial charge < -0.3 is 24.6 Å². The molecule has 13 heteroatoms. The number of fused-ring (bicyclic) bond motifs is 2. The van der Waals surface area contributed by atoms with Crippen LogP contribution in [0, 0.1) is 17.5 Å². The van der Waals surface area contributed by atoms with Crippen molar-refractivity contribution in [2.24, 2.45) is 0 Å². The number of amides is 2. The summed E-state index contributed by atoms with van der Waals surface area (Å²) in [7, 11) is 0. The number of carbonyl (C=O) groups is 2. The molecule has 2 bridgehead atoms. The number of nitrogens with zero attached hydrogens (tertiary/aromatic N) is 2. The summed E-state index contributed by atoms with van der Waals surface area (Å²) in [5.74, 6) is -4.99. The highest BCUT2D eigenvalue weighted by molar-refractivity contribution is 6.03. The minimum absolute atomic E-state index is 0.0350. The number of rotatable bonds is 11. The molecule has 0 aromatic heterocycles. The molecule has 49 heavy (non-hydrogen) atoms. The fourth-order valence-electron chi connectivity index (χ4n) is 6.53. The molecule has 2 atom stereocenters. The van der Waals surface area contributed by atoms with Gasteiger partial charge >= 0.3 is 6.36 Å². The van der Waals surface area contributed by atoms with Crippen LogP contribution in [0.4, 0.5) is 26.3 Å². The molecule has 3 aliphatic rings. The molecule has 0 spiro atoms. The Morgan fingerprint density at radius 1 is 0.959 bits per heavy atom. The molecule has 1 saturated carbocycles. The van der Waals surface area contributed by atoms with Gasteiger partial charge in [-0.15, -0.1) is 13.2 Å². The Kier molecular flexibility index (Phi) is 9.91. The van der Waals surface area contributed by atoms with E-state index in [1.54, 1.807) is 15.9 Å². The quantitative estimate of drug-likeness (QED) is 0.141. The molecule has 2 aliphatic heterocycles. The van der Waals surface area contributed by atoms with Crippen molar-refractivity contribution in [3.8, 4) is 11.5 Å². The van der Waals surface area contributed by atoms with Crippen LogP contribution in [0.1, 0.15) is 49.3 Å². The van der Waals surface area contributed by atoms with E-state index in [2.05, 4.69) is 10.1 Å². The highest BCUT2D eigenvalue weighted by Gasteiger charge is 2.43. The zero-order chi connectivity index (χ0) is 34.9. The van der Waals surface area contributed by atoms with Crippen LogP contribution in [0.3, 0.4) is 0 Å². The Morgan fingerprint density at radius 3 is 2.39 bits per heavy atom. The van der Waals surface area contributed by atoms with Gasteiger partial charge in [-0.3, -0.25) is 9.59 Å². The van der Waals surface area contributed by atoms with E-state index in [4.69, 9.17) is 4.74 Å². The highest BCUT2D eigenvalue weighted by atomic mass is 19.4. The highest BCUT2D eigenvalue weighted by Crippen LogP contribution is 2.38. The molecule has 260 valence electrons. The minimum atomic E-state index is -4.84. The number of aryl methyl sites for hydroxylation is 1. The zero-order valence-electron chi connectivity index (χ0n) is 26.7. The second kappa shape index (κ2) is 14.1. The van der Waals surface area contributed by atoms with Crippen molar-refractivity contribution in [3.63, 3.8) is 0 Å². The topological polar surface area (TPSA) is 71.1 Å². The summed E-state index contributed by atoms with van der Waals surface area (Å²) in [6, 6.07) is 14.1. The van der Waals surface area contributed by atoms with Gasteiger partial charge in [0.15, 0.2) is 17.4 Å². The first-order chi connectivity index (χ1) is 23.4. The second-order valence-electron chi connectivity index (χ2n) is 12.6. The van der Waals surface area contributed by atoms with Crippen molar-refractivity contribution < 1.29 is 45.4 Å². The van der Waals surface area contributed by atoms with Crippen molar-refractivity contribution in [1.29, 1.82) is 0 Å². The maximum absolute atomic E-state index is 14.5. The third kappa shape index (κ3) is 8.21. The van der Waals surface area contributed by atoms with Crippen LogP contribution in [0.25, 0.3) is 5.57 Å². The van der Waals surface area contributed by atoms with Gasteiger partial charge in [0.1, 0.15) is 5.75 Å². The largest absolute Gasteiger partial charge is 0.573 e. The SMILES string of the molecule is CC(=O)N1C[C@H]2CC(c3ccc(CCCOc4c(F)ccc(F)c4F)cc3)=C(C(=O)N(Cc3cccc(OC(F)(F)F)c3)C3CC3)[C@@H](C1)N2. The summed E-state index contributed by atoms with van der Waals surface area (Å²) in [5, 5.41) is 3.52. The van der Waals surface area contributed by atoms with Crippen LogP contribution in [-0.2, 0) is 22.6 Å². The van der Waals surface area contributed by atoms with Crippen molar-refractivity contribution >= 4 is 17.4 Å². The summed E-state index contributed by atoms with van der Waals surface area (Å²) in [4.78, 5) is 30.3. The van der Waals surface area contributed by atoms with Gasteiger partial charge in [0.25, 0.3) is 5.91 Å². The van der Waals surface area contributed by atoms with E-state index in [1.165, 1.54) is 25.1 Å². The first-order valence-electron chi connectivity index (χ1n) is 16.1. The Morgan fingerprint density at radius 2 is 1.69 bits per heavy atom. The van der Waals surface area contributed by atoms with E-state index in [0.717, 1.165) is 35.6 Å². The van der Waals surface area contributed by atoms with Crippen molar-refractivity contribution in [2.45, 2.75) is 70.1 Å². The van der Waals surface area contributed by atoms with Gasteiger partial charge in [0, 0.05) is 44.2 Å². The van der Waals surface area contributed by atoms with E-state index in [0.29, 0.717) is 49.6 Å². The Balaban J connectivity index is 1.23. The number of benzene rings is 3. The Labute approximate surface area is 279 Å². The summed E-state index contributed by atoms with van der Waals surface area (Å²) < 4.78 is 89.2. The van der Waals surface area contributed by atoms with Gasteiger partial charge in [-0.1, -0.05) is 36.4 Å². The summed E-state index contributed by atoms with van der Waals surface area (Å²) >= 11 is 0. The molecular formula is C36H35F6N3O4. The molecular weight excluding hydrogens is 652 g/mol. The van der Waals surface area contributed by atoms with E-state index in [-0.39, 0.29) is 42.8 Å². The summed E-state index contributed by atoms with van der Waals surface area (Å²) in [6.07, 6.45) is -1.91. The predicted molar refractivity (Wildman–Crippen MR) is 168 cm³/mol. The number of alkyl halides is 3. The lowest BCUT2D eigenvalue weighted by atomic mass is 9.82. The molecule has 1 saturated heterocycles. The van der Waals surface area contributed by atoms with Gasteiger partial charge in [0.2, 0.25) is 11.7 Å². The monoisotopic (exact) mass is 687 g/mol. The number of carbonyl (C=O) groups excluding carboxylic acids is 2. The number of halogens is 6. The lowest BCUT2D eigenvalue weighted by Crippen LogP contribution is -2.61. The van der Waals surface area contributed by atoms with Crippen LogP contribution in [-0.4, -0.2) is 65.8 Å². The number of piperazine rings is 1. The molecule has 2 heterocycles. The standard InChI is InChI=1S/C36H35F6N3O4/c1-21(46)44-19-25-17-28(24-9-7-22(8-10-24)5-3-15-48-34-30(38)14-13-29(37)33(34)39)32(31(20-44)43-25)35(47)45(26-11-12-26)18-23-4-2-6-27(16-23)49-36(40,41)42/h2,4,6-10,13-14,16,25-26,31,43H,3,5,11-12,15,17-20H2,1H3/t25-,31-/m1/s1. The predicted octanol–water partition coefficient (Wildman–Crippen LogP) is 6.55. The molecule has 1 N–H and O–H groups in total. The van der Waals surface area contributed by atoms with Crippen LogP contribution >= 0.6 is 0 Å². The maximum Gasteiger partial charge on any atom is 0.573 e. The third-order valence-electron chi connectivity index (χ3n) is 8.97. The third-order valence-corrected chi connectivity index (χ3v) is 8.97. The molecule has 0 unspecified atom stereocenters. The molecule has 7 nitrogen and oxygen atoms in total. The first kappa shape index (κ1) is 34.3. The van der Waals surface area contributed by atoms with Crippen LogP contribution in [0.2, 0.25) is 0 Å². The molecule has 3 aromatic carbocycles. The molecule has 0 radical (unpaired) electrons. The first-order valence-corrected chi connectivity index (χ1v) is 16.1. The smallest absolute Gasteiger partial charge is 0.488 e. The van der Waals surface area contributed by atoms with Crippen molar-refractivity contribution in [1.82, 2.24) is 15.1 Å². The lowest BCUT2D eigenvalue weighted by molar-refractivity contribution is -0.274. The molecule has 1 aliphatic carbocycles. The normalized spacial score (nSPS) is 19.1. The zero-order valence-corrected chi connectivity index (χ0v) is 26.7. The van der Waals surface area contributed by atoms with Crippen LogP contribution < -0.4 is 14.8 Å². The molecule has 3 aromatic rings. The maximum atomic E-state index is 14.5. The fraction of sp³-hybridized carbons (Fsp3) is 0.389. The minimum Gasteiger partial charge on any atom is -0.488 e. The van der Waals surface area contributed by atoms with Gasteiger partial charge in [0.05, 0.1) is 12.6 Å². The number of nitrogens with one attached hydrogen (secondary N) is 1. The molecule has 6 rings (SSSR count). The number of ether oxygens (including phenoxy) is 2. The van der Waals surface area contributed by atoms with Crippen LogP contribution in [0.15, 0.2) is 66.2 Å². The van der Waals surface area contributed by atoms with Gasteiger partial charge in [-0.2, -0.15) is 4.39 Å². The average Bonchev–Trinajstić information content (AvgIpc) is 3.90. The average molecular weight is 688 g/mol. The lowest BCUT2D eigenvalue weighted by Gasteiger charge is -2.44. The van der Waals surface area contributed by atoms with Gasteiger partial charge in [-0.25, -0.2) is 8.78 Å². The molecule has 2 amide bonds. The van der Waals surface area contributed by atoms with E-state index in [9.17, 15) is 35.9 Å². The van der Waals surface area contributed by atoms with E-state index in [1.807, 2.05) is 24.3 Å². The van der Waals surface area contributed by atoms with Crippen LogP contribution in [0.5, 0.6) is 11.5 Å². The van der Waals surface area contributed by atoms with E-state index < -0.39 is 35.6 Å². The Hall–Kier alpha value is -4.52. The van der Waals surface area contributed by atoms with E-state index >= 15 is 0 Å². The van der Waals surface area contributed by atoms with Crippen molar-refractivity contribution in [3.05, 3.63) is 100 Å². The molecule has 2 fully saturated rings. The fourth-order valence-corrected chi connectivity index (χ4v) is 6.53. The summed E-state index contributed by atoms with van der Waals surface area (Å²) in [6.45, 7) is 2.34. The number of hydrogen-bond donors (Lipinski definition) is 1.